The van der Waals surface area contributed by atoms with Crippen LogP contribution in [0.5, 0.6) is 17.2 Å². The molecule has 1 aliphatic carbocycles. The van der Waals surface area contributed by atoms with Crippen molar-refractivity contribution in [2.24, 2.45) is 5.41 Å². The summed E-state index contributed by atoms with van der Waals surface area (Å²) in [5.74, 6) is 0.0388. The van der Waals surface area contributed by atoms with Crippen LogP contribution >= 0.6 is 0 Å². The summed E-state index contributed by atoms with van der Waals surface area (Å²) < 4.78 is 31.1. The Morgan fingerprint density at radius 1 is 0.970 bits per heavy atom. The van der Waals surface area contributed by atoms with Gasteiger partial charge in [-0.2, -0.15) is 0 Å². The van der Waals surface area contributed by atoms with Gasteiger partial charge in [-0.1, -0.05) is 26.0 Å². The Morgan fingerprint density at radius 2 is 1.61 bits per heavy atom. The number of benzene rings is 2. The minimum absolute atomic E-state index is 0.0258. The maximum atomic E-state index is 14.7. The van der Waals surface area contributed by atoms with Gasteiger partial charge in [-0.3, -0.25) is 14.5 Å². The summed E-state index contributed by atoms with van der Waals surface area (Å²) in [6, 6.07) is 9.71. The van der Waals surface area contributed by atoms with Crippen molar-refractivity contribution in [3.8, 4) is 17.2 Å². The van der Waals surface area contributed by atoms with Gasteiger partial charge in [-0.15, -0.1) is 0 Å². The van der Waals surface area contributed by atoms with Crippen molar-refractivity contribution in [1.29, 1.82) is 0 Å². The zero-order valence-electron chi connectivity index (χ0n) is 19.5. The van der Waals surface area contributed by atoms with E-state index in [0.29, 0.717) is 46.9 Å². The molecule has 174 valence electrons. The predicted molar refractivity (Wildman–Crippen MR) is 122 cm³/mol. The molecule has 7 heteroatoms. The lowest BCUT2D eigenvalue weighted by Gasteiger charge is -2.43. The number of Topliss-reactive ketones (excluding diaryl/α,β-unsaturated/α-hetero) is 1. The van der Waals surface area contributed by atoms with E-state index in [0.717, 1.165) is 0 Å². The van der Waals surface area contributed by atoms with Gasteiger partial charge in [-0.05, 0) is 41.7 Å². The van der Waals surface area contributed by atoms with Crippen LogP contribution in [0.15, 0.2) is 47.7 Å². The van der Waals surface area contributed by atoms with Crippen LogP contribution in [0.25, 0.3) is 0 Å². The number of anilines is 1. The molecule has 1 unspecified atom stereocenters. The van der Waals surface area contributed by atoms with Gasteiger partial charge in [0.1, 0.15) is 5.82 Å². The normalized spacial score (nSPS) is 19.9. The third-order valence-corrected chi connectivity index (χ3v) is 6.33. The molecular formula is C26H28FNO5. The molecular weight excluding hydrogens is 425 g/mol. The fourth-order valence-electron chi connectivity index (χ4n) is 4.92. The number of ketones is 1. The fraction of sp³-hybridized carbons (Fsp3) is 0.385. The molecule has 0 N–H and O–H groups in total. The van der Waals surface area contributed by atoms with E-state index in [4.69, 9.17) is 14.2 Å². The van der Waals surface area contributed by atoms with Gasteiger partial charge in [0.25, 0.3) is 0 Å². The van der Waals surface area contributed by atoms with Gasteiger partial charge >= 0.3 is 0 Å². The smallest absolute Gasteiger partial charge is 0.232 e. The minimum atomic E-state index is -0.500. The highest BCUT2D eigenvalue weighted by atomic mass is 19.1. The largest absolute Gasteiger partial charge is 0.493 e. The summed E-state index contributed by atoms with van der Waals surface area (Å²) in [6.45, 7) is 3.98. The van der Waals surface area contributed by atoms with Crippen molar-refractivity contribution >= 4 is 17.4 Å². The molecule has 1 amide bonds. The average molecular weight is 454 g/mol. The summed E-state index contributed by atoms with van der Waals surface area (Å²) in [6.07, 6.45) is 0.860. The first-order chi connectivity index (χ1) is 15.7. The third kappa shape index (κ3) is 3.96. The Balaban J connectivity index is 1.94. The lowest BCUT2D eigenvalue weighted by Crippen LogP contribution is -2.44. The summed E-state index contributed by atoms with van der Waals surface area (Å²) in [5.41, 5.74) is 1.65. The maximum Gasteiger partial charge on any atom is 0.232 e. The van der Waals surface area contributed by atoms with Crippen LogP contribution in [0.2, 0.25) is 0 Å². The quantitative estimate of drug-likeness (QED) is 0.636. The van der Waals surface area contributed by atoms with Crippen LogP contribution < -0.4 is 19.1 Å². The summed E-state index contributed by atoms with van der Waals surface area (Å²) in [4.78, 5) is 28.3. The molecule has 0 fully saturated rings. The van der Waals surface area contributed by atoms with Crippen LogP contribution in [0.3, 0.4) is 0 Å². The zero-order chi connectivity index (χ0) is 23.9. The average Bonchev–Trinajstić information content (AvgIpc) is 2.77. The van der Waals surface area contributed by atoms with E-state index in [1.807, 2.05) is 13.8 Å². The van der Waals surface area contributed by atoms with Gasteiger partial charge in [0.05, 0.1) is 27.0 Å². The number of rotatable bonds is 5. The zero-order valence-corrected chi connectivity index (χ0v) is 19.5. The van der Waals surface area contributed by atoms with Crippen LogP contribution in [0.1, 0.15) is 44.6 Å². The Bertz CT molecular complexity index is 1130. The standard InChI is InChI=1S/C26H28FNO5/c1-26(2)13-19-24(20(29)14-26)16(12-23(30)28(19)18-9-7-6-8-17(18)27)15-10-21(31-3)25(33-5)22(11-15)32-4/h6-11,16H,12-14H2,1-5H3. The van der Waals surface area contributed by atoms with E-state index < -0.39 is 11.7 Å². The molecule has 4 rings (SSSR count). The number of carbonyl (C=O) groups is 2. The van der Waals surface area contributed by atoms with E-state index in [9.17, 15) is 14.0 Å². The van der Waals surface area contributed by atoms with Crippen molar-refractivity contribution < 1.29 is 28.2 Å². The van der Waals surface area contributed by atoms with E-state index in [2.05, 4.69) is 0 Å². The molecule has 0 spiro atoms. The van der Waals surface area contributed by atoms with Crippen LogP contribution in [-0.4, -0.2) is 33.0 Å². The lowest BCUT2D eigenvalue weighted by atomic mass is 9.69. The molecule has 1 aliphatic heterocycles. The number of nitrogens with zero attached hydrogens (tertiary/aromatic N) is 1. The molecule has 0 aromatic heterocycles. The molecule has 2 aromatic carbocycles. The predicted octanol–water partition coefficient (Wildman–Crippen LogP) is 5.02. The highest BCUT2D eigenvalue weighted by Crippen LogP contribution is 2.50. The number of methoxy groups -OCH3 is 3. The van der Waals surface area contributed by atoms with Gasteiger partial charge in [0, 0.05) is 30.0 Å². The first kappa shape index (κ1) is 22.8. The SMILES string of the molecule is COc1cc(C2CC(=O)N(c3ccccc3F)C3=C2C(=O)CC(C)(C)C3)cc(OC)c1OC. The molecule has 1 heterocycles. The number of hydrogen-bond donors (Lipinski definition) is 0. The van der Waals surface area contributed by atoms with Crippen molar-refractivity contribution in [3.05, 3.63) is 59.0 Å². The van der Waals surface area contributed by atoms with E-state index in [1.165, 1.54) is 32.3 Å². The second-order valence-electron chi connectivity index (χ2n) is 9.20. The van der Waals surface area contributed by atoms with E-state index >= 15 is 0 Å². The minimum Gasteiger partial charge on any atom is -0.493 e. The maximum absolute atomic E-state index is 14.7. The van der Waals surface area contributed by atoms with Crippen molar-refractivity contribution in [3.63, 3.8) is 0 Å². The molecule has 33 heavy (non-hydrogen) atoms. The first-order valence-electron chi connectivity index (χ1n) is 10.8. The molecule has 2 aliphatic rings. The number of halogens is 1. The molecule has 2 aromatic rings. The van der Waals surface area contributed by atoms with Crippen molar-refractivity contribution in [2.75, 3.05) is 26.2 Å². The lowest BCUT2D eigenvalue weighted by molar-refractivity contribution is -0.121. The molecule has 6 nitrogen and oxygen atoms in total. The highest BCUT2D eigenvalue weighted by molar-refractivity contribution is 6.08. The Morgan fingerprint density at radius 3 is 2.18 bits per heavy atom. The summed E-state index contributed by atoms with van der Waals surface area (Å²) in [5, 5.41) is 0. The molecule has 0 bridgehead atoms. The van der Waals surface area contributed by atoms with Crippen LogP contribution in [0, 0.1) is 11.2 Å². The molecule has 0 saturated carbocycles. The Labute approximate surface area is 192 Å². The van der Waals surface area contributed by atoms with Gasteiger partial charge in [-0.25, -0.2) is 4.39 Å². The van der Waals surface area contributed by atoms with E-state index in [-0.39, 0.29) is 29.2 Å². The number of ether oxygens (including phenoxy) is 3. The first-order valence-corrected chi connectivity index (χ1v) is 10.8. The van der Waals surface area contributed by atoms with Gasteiger partial charge in [0.15, 0.2) is 17.3 Å². The van der Waals surface area contributed by atoms with Crippen molar-refractivity contribution in [1.82, 2.24) is 0 Å². The molecule has 1 atom stereocenters. The second-order valence-corrected chi connectivity index (χ2v) is 9.20. The molecule has 0 saturated heterocycles. The highest BCUT2D eigenvalue weighted by Gasteiger charge is 2.45. The number of para-hydroxylation sites is 1. The summed E-state index contributed by atoms with van der Waals surface area (Å²) in [7, 11) is 4.56. The number of amides is 1. The monoisotopic (exact) mass is 453 g/mol. The topological polar surface area (TPSA) is 65.1 Å². The van der Waals surface area contributed by atoms with Crippen LogP contribution in [-0.2, 0) is 9.59 Å². The Hall–Kier alpha value is -3.35. The third-order valence-electron chi connectivity index (χ3n) is 6.33. The van der Waals surface area contributed by atoms with E-state index in [1.54, 1.807) is 30.3 Å². The molecule has 0 radical (unpaired) electrons. The number of hydrogen-bond acceptors (Lipinski definition) is 5. The van der Waals surface area contributed by atoms with Crippen molar-refractivity contribution in [2.45, 2.75) is 39.0 Å². The number of allylic oxidation sites excluding steroid dienone is 2. The fourth-order valence-corrected chi connectivity index (χ4v) is 4.92. The Kier molecular flexibility index (Phi) is 5.91. The van der Waals surface area contributed by atoms with Crippen LogP contribution in [0.4, 0.5) is 10.1 Å². The van der Waals surface area contributed by atoms with Gasteiger partial charge < -0.3 is 14.2 Å². The number of carbonyl (C=O) groups excluding carboxylic acids is 2. The second kappa shape index (κ2) is 8.54. The summed E-state index contributed by atoms with van der Waals surface area (Å²) >= 11 is 0. The van der Waals surface area contributed by atoms with Gasteiger partial charge in [0.2, 0.25) is 11.7 Å².